The minimum Gasteiger partial charge on any atom is -0.399 e. The molecule has 88 valence electrons. The van der Waals surface area contributed by atoms with Crippen LogP contribution in [-0.2, 0) is 6.54 Å². The van der Waals surface area contributed by atoms with E-state index < -0.39 is 0 Å². The van der Waals surface area contributed by atoms with Gasteiger partial charge in [-0.1, -0.05) is 6.07 Å². The van der Waals surface area contributed by atoms with E-state index in [1.165, 1.54) is 11.3 Å². The first-order valence-electron chi connectivity index (χ1n) is 5.63. The molecule has 0 unspecified atom stereocenters. The van der Waals surface area contributed by atoms with Crippen LogP contribution in [-0.4, -0.2) is 12.0 Å². The van der Waals surface area contributed by atoms with E-state index in [-0.39, 0.29) is 0 Å². The molecule has 3 nitrogen and oxygen atoms in total. The van der Waals surface area contributed by atoms with Crippen molar-refractivity contribution in [2.24, 2.45) is 0 Å². The first kappa shape index (κ1) is 11.5. The molecule has 2 aromatic rings. The molecule has 0 saturated heterocycles. The Hall–Kier alpha value is -2.03. The summed E-state index contributed by atoms with van der Waals surface area (Å²) in [6.45, 7) is 2.87. The SMILES string of the molecule is Cc1cc(N(C)Cc2cccnc2)ccc1N. The lowest BCUT2D eigenvalue weighted by molar-refractivity contribution is 0.914. The Morgan fingerprint density at radius 1 is 1.29 bits per heavy atom. The fourth-order valence-corrected chi connectivity index (χ4v) is 1.75. The Balaban J connectivity index is 2.14. The number of anilines is 2. The number of benzene rings is 1. The fourth-order valence-electron chi connectivity index (χ4n) is 1.75. The number of nitrogens with zero attached hydrogens (tertiary/aromatic N) is 2. The molecule has 0 saturated carbocycles. The second kappa shape index (κ2) is 4.87. The minimum atomic E-state index is 0.837. The highest BCUT2D eigenvalue weighted by Gasteiger charge is 2.03. The zero-order chi connectivity index (χ0) is 12.3. The first-order chi connectivity index (χ1) is 8.16. The summed E-state index contributed by atoms with van der Waals surface area (Å²) in [5, 5.41) is 0. The fraction of sp³-hybridized carbons (Fsp3) is 0.214. The van der Waals surface area contributed by atoms with E-state index >= 15 is 0 Å². The second-order valence-corrected chi connectivity index (χ2v) is 4.26. The van der Waals surface area contributed by atoms with Crippen molar-refractivity contribution in [2.75, 3.05) is 17.7 Å². The molecule has 2 N–H and O–H groups in total. The number of hydrogen-bond donors (Lipinski definition) is 1. The smallest absolute Gasteiger partial charge is 0.0441 e. The summed E-state index contributed by atoms with van der Waals surface area (Å²) >= 11 is 0. The van der Waals surface area contributed by atoms with Crippen molar-refractivity contribution in [3.8, 4) is 0 Å². The van der Waals surface area contributed by atoms with Crippen molar-refractivity contribution in [3.05, 3.63) is 53.9 Å². The topological polar surface area (TPSA) is 42.2 Å². The van der Waals surface area contributed by atoms with Crippen LogP contribution in [0.5, 0.6) is 0 Å². The maximum absolute atomic E-state index is 5.81. The Morgan fingerprint density at radius 3 is 2.76 bits per heavy atom. The summed E-state index contributed by atoms with van der Waals surface area (Å²) in [5.74, 6) is 0. The molecular weight excluding hydrogens is 210 g/mol. The summed E-state index contributed by atoms with van der Waals surface area (Å²) < 4.78 is 0. The number of hydrogen-bond acceptors (Lipinski definition) is 3. The number of aryl methyl sites for hydroxylation is 1. The van der Waals surface area contributed by atoms with Gasteiger partial charge in [0.2, 0.25) is 0 Å². The molecule has 1 aromatic heterocycles. The molecular formula is C14H17N3. The Morgan fingerprint density at radius 2 is 2.12 bits per heavy atom. The molecule has 0 spiro atoms. The minimum absolute atomic E-state index is 0.837. The average molecular weight is 227 g/mol. The van der Waals surface area contributed by atoms with Crippen LogP contribution >= 0.6 is 0 Å². The van der Waals surface area contributed by atoms with Crippen LogP contribution in [0.25, 0.3) is 0 Å². The predicted molar refractivity (Wildman–Crippen MR) is 71.9 cm³/mol. The van der Waals surface area contributed by atoms with Gasteiger partial charge in [-0.05, 0) is 42.3 Å². The van der Waals surface area contributed by atoms with Gasteiger partial charge in [0.1, 0.15) is 0 Å². The van der Waals surface area contributed by atoms with E-state index in [4.69, 9.17) is 5.73 Å². The van der Waals surface area contributed by atoms with E-state index in [1.54, 1.807) is 6.20 Å². The summed E-state index contributed by atoms with van der Waals surface area (Å²) in [5.41, 5.74) is 10.1. The zero-order valence-electron chi connectivity index (χ0n) is 10.2. The quantitative estimate of drug-likeness (QED) is 0.819. The molecule has 0 bridgehead atoms. The molecule has 0 aliphatic rings. The van der Waals surface area contributed by atoms with E-state index in [0.29, 0.717) is 0 Å². The first-order valence-corrected chi connectivity index (χ1v) is 5.63. The van der Waals surface area contributed by atoms with Gasteiger partial charge in [0, 0.05) is 37.4 Å². The maximum Gasteiger partial charge on any atom is 0.0441 e. The second-order valence-electron chi connectivity index (χ2n) is 4.26. The number of rotatable bonds is 3. The van der Waals surface area contributed by atoms with Crippen molar-refractivity contribution in [2.45, 2.75) is 13.5 Å². The van der Waals surface area contributed by atoms with Crippen LogP contribution in [0.2, 0.25) is 0 Å². The molecule has 0 atom stereocenters. The van der Waals surface area contributed by atoms with Crippen molar-refractivity contribution < 1.29 is 0 Å². The maximum atomic E-state index is 5.81. The number of nitrogen functional groups attached to an aromatic ring is 1. The number of pyridine rings is 1. The van der Waals surface area contributed by atoms with Crippen molar-refractivity contribution >= 4 is 11.4 Å². The van der Waals surface area contributed by atoms with Gasteiger partial charge in [-0.15, -0.1) is 0 Å². The van der Waals surface area contributed by atoms with Crippen LogP contribution in [0.1, 0.15) is 11.1 Å². The molecule has 2 rings (SSSR count). The lowest BCUT2D eigenvalue weighted by Gasteiger charge is -2.20. The third kappa shape index (κ3) is 2.75. The average Bonchev–Trinajstić information content (AvgIpc) is 2.34. The standard InChI is InChI=1S/C14H17N3/c1-11-8-13(5-6-14(11)15)17(2)10-12-4-3-7-16-9-12/h3-9H,10,15H2,1-2H3. The molecule has 1 aromatic carbocycles. The summed E-state index contributed by atoms with van der Waals surface area (Å²) in [7, 11) is 2.07. The Kier molecular flexibility index (Phi) is 3.28. The highest BCUT2D eigenvalue weighted by Crippen LogP contribution is 2.20. The lowest BCUT2D eigenvalue weighted by atomic mass is 10.1. The van der Waals surface area contributed by atoms with E-state index in [0.717, 1.165) is 17.8 Å². The largest absolute Gasteiger partial charge is 0.399 e. The zero-order valence-corrected chi connectivity index (χ0v) is 10.2. The highest BCUT2D eigenvalue weighted by atomic mass is 15.1. The van der Waals surface area contributed by atoms with Crippen LogP contribution in [0, 0.1) is 6.92 Å². The molecule has 17 heavy (non-hydrogen) atoms. The van der Waals surface area contributed by atoms with Gasteiger partial charge in [-0.3, -0.25) is 4.98 Å². The van der Waals surface area contributed by atoms with E-state index in [1.807, 2.05) is 31.3 Å². The highest BCUT2D eigenvalue weighted by molar-refractivity contribution is 5.57. The van der Waals surface area contributed by atoms with Gasteiger partial charge in [-0.2, -0.15) is 0 Å². The Labute approximate surface area is 102 Å². The summed E-state index contributed by atoms with van der Waals surface area (Å²) in [6.07, 6.45) is 3.68. The monoisotopic (exact) mass is 227 g/mol. The molecule has 0 fully saturated rings. The van der Waals surface area contributed by atoms with Crippen molar-refractivity contribution in [1.29, 1.82) is 0 Å². The third-order valence-electron chi connectivity index (χ3n) is 2.84. The molecule has 0 amide bonds. The van der Waals surface area contributed by atoms with Gasteiger partial charge in [0.05, 0.1) is 0 Å². The van der Waals surface area contributed by atoms with Crippen molar-refractivity contribution in [3.63, 3.8) is 0 Å². The number of nitrogens with two attached hydrogens (primary N) is 1. The normalized spacial score (nSPS) is 10.2. The van der Waals surface area contributed by atoms with Gasteiger partial charge >= 0.3 is 0 Å². The molecule has 3 heteroatoms. The van der Waals surface area contributed by atoms with Crippen molar-refractivity contribution in [1.82, 2.24) is 4.98 Å². The van der Waals surface area contributed by atoms with Crippen LogP contribution in [0.3, 0.4) is 0 Å². The van der Waals surface area contributed by atoms with Gasteiger partial charge < -0.3 is 10.6 Å². The van der Waals surface area contributed by atoms with Gasteiger partial charge in [0.25, 0.3) is 0 Å². The van der Waals surface area contributed by atoms with Crippen LogP contribution < -0.4 is 10.6 Å². The lowest BCUT2D eigenvalue weighted by Crippen LogP contribution is -2.16. The molecule has 0 radical (unpaired) electrons. The molecule has 0 aliphatic carbocycles. The van der Waals surface area contributed by atoms with Crippen LogP contribution in [0.15, 0.2) is 42.7 Å². The van der Waals surface area contributed by atoms with E-state index in [2.05, 4.69) is 29.1 Å². The van der Waals surface area contributed by atoms with Gasteiger partial charge in [-0.25, -0.2) is 0 Å². The van der Waals surface area contributed by atoms with Crippen LogP contribution in [0.4, 0.5) is 11.4 Å². The third-order valence-corrected chi connectivity index (χ3v) is 2.84. The van der Waals surface area contributed by atoms with E-state index in [9.17, 15) is 0 Å². The predicted octanol–water partition coefficient (Wildman–Crippen LogP) is 2.61. The molecule has 0 aliphatic heterocycles. The summed E-state index contributed by atoms with van der Waals surface area (Å²) in [4.78, 5) is 6.30. The number of aromatic nitrogens is 1. The summed E-state index contributed by atoms with van der Waals surface area (Å²) in [6, 6.07) is 10.1. The molecule has 1 heterocycles. The Bertz CT molecular complexity index is 494. The van der Waals surface area contributed by atoms with Gasteiger partial charge in [0.15, 0.2) is 0 Å².